The second-order valence-corrected chi connectivity index (χ2v) is 4.80. The third-order valence-electron chi connectivity index (χ3n) is 3.17. The first-order valence-electron chi connectivity index (χ1n) is 7.32. The van der Waals surface area contributed by atoms with Crippen LogP contribution in [0.1, 0.15) is 19.1 Å². The normalized spacial score (nSPS) is 10.8. The summed E-state index contributed by atoms with van der Waals surface area (Å²) in [5.74, 6) is 1.55. The van der Waals surface area contributed by atoms with E-state index >= 15 is 0 Å². The van der Waals surface area contributed by atoms with Crippen LogP contribution in [-0.4, -0.2) is 24.7 Å². The minimum absolute atomic E-state index is 0.0755. The van der Waals surface area contributed by atoms with E-state index in [2.05, 4.69) is 5.32 Å². The molecule has 0 aliphatic heterocycles. The summed E-state index contributed by atoms with van der Waals surface area (Å²) in [4.78, 5) is 10.2. The molecule has 6 nitrogen and oxygen atoms in total. The third kappa shape index (κ3) is 4.68. The number of nitrogens with zero attached hydrogens (tertiary/aromatic N) is 1. The molecule has 1 aromatic heterocycles. The zero-order valence-corrected chi connectivity index (χ0v) is 12.6. The largest absolute Gasteiger partial charge is 0.460 e. The van der Waals surface area contributed by atoms with E-state index in [0.717, 1.165) is 37.5 Å². The molecule has 0 bridgehead atoms. The van der Waals surface area contributed by atoms with Crippen LogP contribution in [0, 0.1) is 10.1 Å². The Morgan fingerprint density at radius 2 is 2.00 bits per heavy atom. The van der Waals surface area contributed by atoms with Crippen LogP contribution in [0.25, 0.3) is 11.3 Å². The number of non-ortho nitro benzene ring substituents is 1. The second-order valence-electron chi connectivity index (χ2n) is 4.80. The minimum atomic E-state index is -0.413. The van der Waals surface area contributed by atoms with E-state index in [0.29, 0.717) is 12.3 Å². The van der Waals surface area contributed by atoms with Gasteiger partial charge in [0.05, 0.1) is 11.5 Å². The Labute approximate surface area is 129 Å². The Kier molecular flexibility index (Phi) is 6.12. The molecule has 0 spiro atoms. The van der Waals surface area contributed by atoms with E-state index in [-0.39, 0.29) is 5.69 Å². The van der Waals surface area contributed by atoms with Gasteiger partial charge < -0.3 is 14.5 Å². The van der Waals surface area contributed by atoms with Crippen LogP contribution in [0.5, 0.6) is 0 Å². The maximum absolute atomic E-state index is 10.6. The quantitative estimate of drug-likeness (QED) is 0.436. The molecule has 0 aliphatic rings. The van der Waals surface area contributed by atoms with Crippen LogP contribution in [0.2, 0.25) is 0 Å². The topological polar surface area (TPSA) is 77.5 Å². The molecule has 0 atom stereocenters. The van der Waals surface area contributed by atoms with Crippen molar-refractivity contribution >= 4 is 5.69 Å². The predicted octanol–water partition coefficient (Wildman–Crippen LogP) is 3.37. The lowest BCUT2D eigenvalue weighted by Crippen LogP contribution is -2.15. The van der Waals surface area contributed by atoms with E-state index in [1.54, 1.807) is 12.1 Å². The van der Waals surface area contributed by atoms with Crippen molar-refractivity contribution in [1.29, 1.82) is 0 Å². The van der Waals surface area contributed by atoms with Gasteiger partial charge in [-0.05, 0) is 44.2 Å². The number of rotatable bonds is 9. The molecular formula is C16H20N2O4. The molecule has 2 rings (SSSR count). The number of nitro benzene ring substituents is 1. The highest BCUT2D eigenvalue weighted by Gasteiger charge is 2.08. The zero-order chi connectivity index (χ0) is 15.8. The van der Waals surface area contributed by atoms with Crippen LogP contribution >= 0.6 is 0 Å². The molecule has 6 heteroatoms. The van der Waals surface area contributed by atoms with Crippen molar-refractivity contribution in [1.82, 2.24) is 5.32 Å². The standard InChI is InChI=1S/C16H20N2O4/c1-2-21-11-3-10-17-12-15-8-9-16(22-15)13-4-6-14(7-5-13)18(19)20/h4-9,17H,2-3,10-12H2,1H3. The highest BCUT2D eigenvalue weighted by atomic mass is 16.6. The molecule has 1 heterocycles. The van der Waals surface area contributed by atoms with Crippen molar-refractivity contribution in [3.63, 3.8) is 0 Å². The molecule has 0 fully saturated rings. The van der Waals surface area contributed by atoms with E-state index < -0.39 is 4.92 Å². The molecule has 0 unspecified atom stereocenters. The highest BCUT2D eigenvalue weighted by Crippen LogP contribution is 2.24. The average molecular weight is 304 g/mol. The maximum Gasteiger partial charge on any atom is 0.269 e. The lowest BCUT2D eigenvalue weighted by molar-refractivity contribution is -0.384. The summed E-state index contributed by atoms with van der Waals surface area (Å²) in [7, 11) is 0. The molecule has 2 aromatic rings. The summed E-state index contributed by atoms with van der Waals surface area (Å²) in [6.45, 7) is 5.01. The molecular weight excluding hydrogens is 284 g/mol. The van der Waals surface area contributed by atoms with Gasteiger partial charge in [0.25, 0.3) is 5.69 Å². The Morgan fingerprint density at radius 1 is 1.23 bits per heavy atom. The van der Waals surface area contributed by atoms with Crippen molar-refractivity contribution < 1.29 is 14.1 Å². The Morgan fingerprint density at radius 3 is 2.68 bits per heavy atom. The lowest BCUT2D eigenvalue weighted by Gasteiger charge is -2.03. The summed E-state index contributed by atoms with van der Waals surface area (Å²) < 4.78 is 11.0. The molecule has 1 aromatic carbocycles. The Hall–Kier alpha value is -2.18. The van der Waals surface area contributed by atoms with Crippen molar-refractivity contribution in [2.75, 3.05) is 19.8 Å². The summed E-state index contributed by atoms with van der Waals surface area (Å²) in [5, 5.41) is 13.9. The second kappa shape index (κ2) is 8.31. The molecule has 0 amide bonds. The van der Waals surface area contributed by atoms with Gasteiger partial charge in [0.2, 0.25) is 0 Å². The first-order valence-corrected chi connectivity index (χ1v) is 7.32. The van der Waals surface area contributed by atoms with E-state index in [1.807, 2.05) is 19.1 Å². The van der Waals surface area contributed by atoms with Gasteiger partial charge in [-0.2, -0.15) is 0 Å². The number of furan rings is 1. The van der Waals surface area contributed by atoms with Gasteiger partial charge >= 0.3 is 0 Å². The molecule has 0 saturated carbocycles. The smallest absolute Gasteiger partial charge is 0.269 e. The monoisotopic (exact) mass is 304 g/mol. The van der Waals surface area contributed by atoms with Crippen molar-refractivity contribution in [2.45, 2.75) is 19.9 Å². The van der Waals surface area contributed by atoms with Gasteiger partial charge in [-0.15, -0.1) is 0 Å². The molecule has 118 valence electrons. The summed E-state index contributed by atoms with van der Waals surface area (Å²) >= 11 is 0. The van der Waals surface area contributed by atoms with Crippen LogP contribution in [0.15, 0.2) is 40.8 Å². The number of nitrogens with one attached hydrogen (secondary N) is 1. The number of benzene rings is 1. The van der Waals surface area contributed by atoms with Crippen LogP contribution < -0.4 is 5.32 Å². The SMILES string of the molecule is CCOCCCNCc1ccc(-c2ccc([N+](=O)[O-])cc2)o1. The summed E-state index contributed by atoms with van der Waals surface area (Å²) in [5.41, 5.74) is 0.902. The minimum Gasteiger partial charge on any atom is -0.460 e. The lowest BCUT2D eigenvalue weighted by atomic mass is 10.1. The molecule has 0 saturated heterocycles. The first-order chi connectivity index (χ1) is 10.7. The fourth-order valence-corrected chi connectivity index (χ4v) is 2.03. The summed E-state index contributed by atoms with van der Waals surface area (Å²) in [6, 6.07) is 10.1. The molecule has 0 radical (unpaired) electrons. The number of hydrogen-bond acceptors (Lipinski definition) is 5. The average Bonchev–Trinajstić information content (AvgIpc) is 3.00. The number of hydrogen-bond donors (Lipinski definition) is 1. The number of nitro groups is 1. The van der Waals surface area contributed by atoms with Gasteiger partial charge in [-0.3, -0.25) is 10.1 Å². The van der Waals surface area contributed by atoms with Gasteiger partial charge in [-0.1, -0.05) is 0 Å². The fraction of sp³-hybridized carbons (Fsp3) is 0.375. The van der Waals surface area contributed by atoms with Gasteiger partial charge in [-0.25, -0.2) is 0 Å². The molecule has 22 heavy (non-hydrogen) atoms. The van der Waals surface area contributed by atoms with Crippen LogP contribution in [0.3, 0.4) is 0 Å². The van der Waals surface area contributed by atoms with E-state index in [1.165, 1.54) is 12.1 Å². The van der Waals surface area contributed by atoms with E-state index in [4.69, 9.17) is 9.15 Å². The number of ether oxygens (including phenoxy) is 1. The van der Waals surface area contributed by atoms with Crippen LogP contribution in [-0.2, 0) is 11.3 Å². The Balaban J connectivity index is 1.84. The fourth-order valence-electron chi connectivity index (χ4n) is 2.03. The molecule has 1 N–H and O–H groups in total. The van der Waals surface area contributed by atoms with E-state index in [9.17, 15) is 10.1 Å². The highest BCUT2D eigenvalue weighted by molar-refractivity contribution is 5.59. The third-order valence-corrected chi connectivity index (χ3v) is 3.17. The van der Waals surface area contributed by atoms with Crippen molar-refractivity contribution in [3.05, 3.63) is 52.3 Å². The Bertz CT molecular complexity index is 592. The zero-order valence-electron chi connectivity index (χ0n) is 12.6. The van der Waals surface area contributed by atoms with Crippen LogP contribution in [0.4, 0.5) is 5.69 Å². The first kappa shape index (κ1) is 16.2. The van der Waals surface area contributed by atoms with Gasteiger partial charge in [0.1, 0.15) is 11.5 Å². The summed E-state index contributed by atoms with van der Waals surface area (Å²) in [6.07, 6.45) is 0.962. The van der Waals surface area contributed by atoms with Crippen molar-refractivity contribution in [2.24, 2.45) is 0 Å². The van der Waals surface area contributed by atoms with Crippen molar-refractivity contribution in [3.8, 4) is 11.3 Å². The maximum atomic E-state index is 10.6. The molecule has 0 aliphatic carbocycles. The predicted molar refractivity (Wildman–Crippen MR) is 83.6 cm³/mol. The van der Waals surface area contributed by atoms with Gasteiger partial charge in [0, 0.05) is 30.9 Å². The van der Waals surface area contributed by atoms with Gasteiger partial charge in [0.15, 0.2) is 0 Å².